The maximum atomic E-state index is 10.1. The van der Waals surface area contributed by atoms with Crippen molar-refractivity contribution in [3.63, 3.8) is 0 Å². The van der Waals surface area contributed by atoms with Crippen molar-refractivity contribution in [1.29, 1.82) is 0 Å². The summed E-state index contributed by atoms with van der Waals surface area (Å²) in [5, 5.41) is 5.03. The third kappa shape index (κ3) is 2.26. The van der Waals surface area contributed by atoms with E-state index >= 15 is 0 Å². The molecular formula is C17H13NO. The molecular weight excluding hydrogens is 234 g/mol. The van der Waals surface area contributed by atoms with Gasteiger partial charge in [0.1, 0.15) is 0 Å². The lowest BCUT2D eigenvalue weighted by molar-refractivity contribution is 0.563. The standard InChI is InChI=1S/C17H13NO/c19-12-18-10-9-13-5-8-17-15(11-13)7-6-14-3-1-2-4-16(14)17/h1-8,11H,9-10H2. The molecule has 0 aliphatic heterocycles. The summed E-state index contributed by atoms with van der Waals surface area (Å²) in [4.78, 5) is 13.7. The van der Waals surface area contributed by atoms with Gasteiger partial charge >= 0.3 is 0 Å². The van der Waals surface area contributed by atoms with Gasteiger partial charge in [0, 0.05) is 0 Å². The van der Waals surface area contributed by atoms with Crippen molar-refractivity contribution in [2.45, 2.75) is 6.42 Å². The summed E-state index contributed by atoms with van der Waals surface area (Å²) in [5.41, 5.74) is 1.20. The van der Waals surface area contributed by atoms with Crippen LogP contribution in [0, 0.1) is 0 Å². The average Bonchev–Trinajstić information content (AvgIpc) is 2.47. The van der Waals surface area contributed by atoms with Crippen molar-refractivity contribution in [1.82, 2.24) is 0 Å². The molecule has 0 aliphatic carbocycles. The van der Waals surface area contributed by atoms with Gasteiger partial charge in [0.25, 0.3) is 0 Å². The van der Waals surface area contributed by atoms with Gasteiger partial charge in [-0.05, 0) is 33.5 Å². The fourth-order valence-corrected chi connectivity index (χ4v) is 2.45. The first-order chi connectivity index (χ1) is 9.38. The van der Waals surface area contributed by atoms with Gasteiger partial charge < -0.3 is 0 Å². The van der Waals surface area contributed by atoms with Crippen LogP contribution in [0.25, 0.3) is 21.5 Å². The summed E-state index contributed by atoms with van der Waals surface area (Å²) in [7, 11) is 0. The Hall–Kier alpha value is -2.44. The molecule has 0 radical (unpaired) electrons. The number of rotatable bonds is 3. The molecule has 0 saturated heterocycles. The van der Waals surface area contributed by atoms with Crippen LogP contribution in [0.4, 0.5) is 0 Å². The first kappa shape index (κ1) is 11.6. The molecule has 0 amide bonds. The van der Waals surface area contributed by atoms with Gasteiger partial charge in [0.05, 0.1) is 6.54 Å². The number of hydrogen-bond donors (Lipinski definition) is 0. The Morgan fingerprint density at radius 1 is 0.895 bits per heavy atom. The predicted octanol–water partition coefficient (Wildman–Crippen LogP) is 3.87. The molecule has 2 heteroatoms. The topological polar surface area (TPSA) is 29.4 Å². The Morgan fingerprint density at radius 3 is 2.58 bits per heavy atom. The minimum atomic E-state index is 0.503. The second kappa shape index (κ2) is 5.05. The van der Waals surface area contributed by atoms with Crippen LogP contribution >= 0.6 is 0 Å². The summed E-state index contributed by atoms with van der Waals surface area (Å²) >= 11 is 0. The van der Waals surface area contributed by atoms with Crippen molar-refractivity contribution in [3.05, 3.63) is 60.2 Å². The molecule has 0 aliphatic rings. The van der Waals surface area contributed by atoms with E-state index in [9.17, 15) is 4.79 Å². The van der Waals surface area contributed by atoms with Crippen LogP contribution in [-0.2, 0) is 11.2 Å². The van der Waals surface area contributed by atoms with Crippen molar-refractivity contribution < 1.29 is 4.79 Å². The number of benzene rings is 3. The van der Waals surface area contributed by atoms with Gasteiger partial charge in [0.2, 0.25) is 6.08 Å². The highest BCUT2D eigenvalue weighted by molar-refractivity contribution is 6.07. The quantitative estimate of drug-likeness (QED) is 0.392. The summed E-state index contributed by atoms with van der Waals surface area (Å²) in [6.07, 6.45) is 2.35. The fourth-order valence-electron chi connectivity index (χ4n) is 2.45. The molecule has 0 spiro atoms. The average molecular weight is 247 g/mol. The Bertz CT molecular complexity index is 785. The van der Waals surface area contributed by atoms with Crippen LogP contribution in [0.2, 0.25) is 0 Å². The molecule has 0 bridgehead atoms. The minimum absolute atomic E-state index is 0.503. The van der Waals surface area contributed by atoms with Crippen LogP contribution < -0.4 is 0 Å². The normalized spacial score (nSPS) is 10.5. The number of nitrogens with zero attached hydrogens (tertiary/aromatic N) is 1. The first-order valence-corrected chi connectivity index (χ1v) is 6.32. The van der Waals surface area contributed by atoms with Crippen molar-refractivity contribution in [2.75, 3.05) is 6.54 Å². The summed E-state index contributed by atoms with van der Waals surface area (Å²) in [5.74, 6) is 0. The van der Waals surface area contributed by atoms with Gasteiger partial charge in [-0.3, -0.25) is 0 Å². The van der Waals surface area contributed by atoms with Crippen molar-refractivity contribution in [3.8, 4) is 0 Å². The van der Waals surface area contributed by atoms with Crippen LogP contribution in [0.3, 0.4) is 0 Å². The molecule has 0 saturated carbocycles. The van der Waals surface area contributed by atoms with E-state index in [-0.39, 0.29) is 0 Å². The van der Waals surface area contributed by atoms with Gasteiger partial charge in [-0.1, -0.05) is 54.6 Å². The third-order valence-electron chi connectivity index (χ3n) is 3.39. The minimum Gasteiger partial charge on any atom is -0.211 e. The molecule has 3 aromatic rings. The zero-order chi connectivity index (χ0) is 13.1. The Morgan fingerprint density at radius 2 is 1.68 bits per heavy atom. The highest BCUT2D eigenvalue weighted by Gasteiger charge is 2.01. The zero-order valence-corrected chi connectivity index (χ0v) is 10.5. The summed E-state index contributed by atoms with van der Waals surface area (Å²) in [6, 6.07) is 19.1. The Kier molecular flexibility index (Phi) is 3.09. The van der Waals surface area contributed by atoms with E-state index in [4.69, 9.17) is 0 Å². The van der Waals surface area contributed by atoms with E-state index in [0.29, 0.717) is 6.54 Å². The van der Waals surface area contributed by atoms with Gasteiger partial charge in [-0.25, -0.2) is 9.79 Å². The molecule has 0 atom stereocenters. The fraction of sp³-hybridized carbons (Fsp3) is 0.118. The highest BCUT2D eigenvalue weighted by atomic mass is 16.1. The summed E-state index contributed by atoms with van der Waals surface area (Å²) in [6.45, 7) is 0.503. The zero-order valence-electron chi connectivity index (χ0n) is 10.5. The lowest BCUT2D eigenvalue weighted by Crippen LogP contribution is -1.89. The molecule has 0 N–H and O–H groups in total. The number of hydrogen-bond acceptors (Lipinski definition) is 2. The van der Waals surface area contributed by atoms with E-state index < -0.39 is 0 Å². The Labute approximate surface area is 111 Å². The van der Waals surface area contributed by atoms with E-state index in [2.05, 4.69) is 59.6 Å². The maximum absolute atomic E-state index is 10.1. The maximum Gasteiger partial charge on any atom is 0.234 e. The molecule has 19 heavy (non-hydrogen) atoms. The lowest BCUT2D eigenvalue weighted by Gasteiger charge is -2.06. The monoisotopic (exact) mass is 247 g/mol. The SMILES string of the molecule is O=C=NCCc1ccc2c(ccc3ccccc32)c1. The van der Waals surface area contributed by atoms with E-state index in [1.54, 1.807) is 6.08 Å². The second-order valence-electron chi connectivity index (χ2n) is 4.57. The van der Waals surface area contributed by atoms with E-state index in [1.807, 2.05) is 0 Å². The van der Waals surface area contributed by atoms with Gasteiger partial charge in [-0.2, -0.15) is 0 Å². The van der Waals surface area contributed by atoms with Crippen LogP contribution in [0.1, 0.15) is 5.56 Å². The second-order valence-corrected chi connectivity index (χ2v) is 4.57. The molecule has 2 nitrogen and oxygen atoms in total. The van der Waals surface area contributed by atoms with E-state index in [1.165, 1.54) is 27.1 Å². The van der Waals surface area contributed by atoms with E-state index in [0.717, 1.165) is 6.42 Å². The lowest BCUT2D eigenvalue weighted by atomic mass is 9.99. The molecule has 0 heterocycles. The first-order valence-electron chi connectivity index (χ1n) is 6.32. The number of carbonyl (C=O) groups excluding carboxylic acids is 1. The molecule has 3 aromatic carbocycles. The Balaban J connectivity index is 2.09. The van der Waals surface area contributed by atoms with Crippen LogP contribution in [0.5, 0.6) is 0 Å². The highest BCUT2D eigenvalue weighted by Crippen LogP contribution is 2.26. The molecule has 0 unspecified atom stereocenters. The number of aliphatic imine (C=N–C) groups is 1. The van der Waals surface area contributed by atoms with Crippen molar-refractivity contribution in [2.24, 2.45) is 4.99 Å². The molecule has 92 valence electrons. The number of fused-ring (bicyclic) bond motifs is 3. The summed E-state index contributed by atoms with van der Waals surface area (Å²) < 4.78 is 0. The predicted molar refractivity (Wildman–Crippen MR) is 78.1 cm³/mol. The van der Waals surface area contributed by atoms with Crippen LogP contribution in [-0.4, -0.2) is 12.6 Å². The largest absolute Gasteiger partial charge is 0.234 e. The van der Waals surface area contributed by atoms with Crippen LogP contribution in [0.15, 0.2) is 59.6 Å². The molecule has 0 aromatic heterocycles. The van der Waals surface area contributed by atoms with Gasteiger partial charge in [-0.15, -0.1) is 0 Å². The smallest absolute Gasteiger partial charge is 0.211 e. The molecule has 3 rings (SSSR count). The van der Waals surface area contributed by atoms with Gasteiger partial charge in [0.15, 0.2) is 0 Å². The third-order valence-corrected chi connectivity index (χ3v) is 3.39. The van der Waals surface area contributed by atoms with Crippen molar-refractivity contribution >= 4 is 27.6 Å². The molecule has 0 fully saturated rings. The number of isocyanates is 1.